The number of hydrogen-bond donors (Lipinski definition) is 0. The van der Waals surface area contributed by atoms with Crippen LogP contribution in [-0.2, 0) is 19.7 Å². The molecule has 2 aliphatic heterocycles. The maximum Gasteiger partial charge on any atom is 0.306 e. The van der Waals surface area contributed by atoms with Crippen LogP contribution in [0, 0.1) is 0 Å². The maximum absolute atomic E-state index is 12.5. The van der Waals surface area contributed by atoms with E-state index in [1.807, 2.05) is 0 Å². The normalized spacial score (nSPS) is 24.8. The highest BCUT2D eigenvalue weighted by Crippen LogP contribution is 2.23. The molecule has 0 amide bonds. The van der Waals surface area contributed by atoms with Crippen molar-refractivity contribution in [2.75, 3.05) is 46.9 Å². The van der Waals surface area contributed by atoms with Gasteiger partial charge in [0.1, 0.15) is 0 Å². The van der Waals surface area contributed by atoms with Crippen molar-refractivity contribution >= 4 is 16.2 Å². The van der Waals surface area contributed by atoms with Gasteiger partial charge in [0.25, 0.3) is 10.2 Å². The number of likely N-dealkylation sites (tertiary alicyclic amines) is 1. The van der Waals surface area contributed by atoms with Crippen molar-refractivity contribution in [3.63, 3.8) is 0 Å². The summed E-state index contributed by atoms with van der Waals surface area (Å²) in [5.74, 6) is -0.395. The molecule has 2 saturated heterocycles. The number of methoxy groups -OCH3 is 1. The lowest BCUT2D eigenvalue weighted by Crippen LogP contribution is -2.43. The molecule has 7 nitrogen and oxygen atoms in total. The molecule has 1 atom stereocenters. The average Bonchev–Trinajstić information content (AvgIpc) is 3.13. The predicted molar refractivity (Wildman–Crippen MR) is 79.0 cm³/mol. The fourth-order valence-corrected chi connectivity index (χ4v) is 4.40. The second-order valence-corrected chi connectivity index (χ2v) is 7.73. The van der Waals surface area contributed by atoms with E-state index < -0.39 is 16.2 Å². The lowest BCUT2D eigenvalue weighted by molar-refractivity contribution is -0.140. The number of ether oxygens (including phenoxy) is 1. The van der Waals surface area contributed by atoms with E-state index in [-0.39, 0.29) is 13.0 Å². The van der Waals surface area contributed by atoms with Crippen LogP contribution >= 0.6 is 0 Å². The number of rotatable bonds is 6. The second-order valence-electron chi connectivity index (χ2n) is 5.70. The standard InChI is InChI=1S/C13H25N3O4S/c1-14(9-6-13(17)20-2)21(18,19)16-10-5-12(11-16)15-7-3-4-8-15/h12H,3-11H2,1-2H3. The maximum atomic E-state index is 12.5. The Morgan fingerprint density at radius 3 is 2.57 bits per heavy atom. The molecule has 2 rings (SSSR count). The predicted octanol–water partition coefficient (Wildman–Crippen LogP) is -0.104. The van der Waals surface area contributed by atoms with E-state index in [9.17, 15) is 13.2 Å². The van der Waals surface area contributed by atoms with E-state index >= 15 is 0 Å². The van der Waals surface area contributed by atoms with Gasteiger partial charge in [0.2, 0.25) is 0 Å². The van der Waals surface area contributed by atoms with Gasteiger partial charge in [-0.05, 0) is 32.4 Å². The van der Waals surface area contributed by atoms with Gasteiger partial charge in [-0.15, -0.1) is 0 Å². The van der Waals surface area contributed by atoms with Gasteiger partial charge in [-0.3, -0.25) is 9.69 Å². The first kappa shape index (κ1) is 16.7. The van der Waals surface area contributed by atoms with Gasteiger partial charge in [0.15, 0.2) is 0 Å². The molecular weight excluding hydrogens is 294 g/mol. The van der Waals surface area contributed by atoms with E-state index in [2.05, 4.69) is 9.64 Å². The fraction of sp³-hybridized carbons (Fsp3) is 0.923. The highest BCUT2D eigenvalue weighted by atomic mass is 32.2. The Bertz CT molecular complexity index is 462. The number of nitrogens with zero attached hydrogens (tertiary/aromatic N) is 3. The summed E-state index contributed by atoms with van der Waals surface area (Å²) in [6.45, 7) is 3.43. The zero-order valence-corrected chi connectivity index (χ0v) is 13.6. The van der Waals surface area contributed by atoms with Crippen LogP contribution in [0.4, 0.5) is 0 Å². The molecule has 0 aromatic carbocycles. The Labute approximate surface area is 127 Å². The number of carbonyl (C=O) groups excluding carboxylic acids is 1. The van der Waals surface area contributed by atoms with Crippen molar-refractivity contribution < 1.29 is 17.9 Å². The van der Waals surface area contributed by atoms with E-state index in [1.165, 1.54) is 35.6 Å². The highest BCUT2D eigenvalue weighted by molar-refractivity contribution is 7.86. The summed E-state index contributed by atoms with van der Waals surface area (Å²) in [5, 5.41) is 0. The molecule has 2 heterocycles. The summed E-state index contributed by atoms with van der Waals surface area (Å²) >= 11 is 0. The third-order valence-electron chi connectivity index (χ3n) is 4.36. The van der Waals surface area contributed by atoms with E-state index in [1.54, 1.807) is 0 Å². The van der Waals surface area contributed by atoms with Gasteiger partial charge in [-0.25, -0.2) is 0 Å². The van der Waals surface area contributed by atoms with Crippen LogP contribution in [0.5, 0.6) is 0 Å². The van der Waals surface area contributed by atoms with Crippen molar-refractivity contribution in [2.45, 2.75) is 31.7 Å². The van der Waals surface area contributed by atoms with Crippen LogP contribution in [0.25, 0.3) is 0 Å². The first-order valence-electron chi connectivity index (χ1n) is 7.47. The summed E-state index contributed by atoms with van der Waals surface area (Å²) < 4.78 is 32.3. The van der Waals surface area contributed by atoms with Gasteiger partial charge in [-0.2, -0.15) is 17.0 Å². The molecule has 0 aromatic rings. The molecule has 1 unspecified atom stereocenters. The largest absolute Gasteiger partial charge is 0.469 e. The summed E-state index contributed by atoms with van der Waals surface area (Å²) in [6, 6.07) is 0.344. The zero-order valence-electron chi connectivity index (χ0n) is 12.8. The van der Waals surface area contributed by atoms with Gasteiger partial charge >= 0.3 is 5.97 Å². The third-order valence-corrected chi connectivity index (χ3v) is 6.32. The van der Waals surface area contributed by atoms with Crippen LogP contribution in [-0.4, -0.2) is 80.8 Å². The van der Waals surface area contributed by atoms with Crippen LogP contribution in [0.3, 0.4) is 0 Å². The minimum Gasteiger partial charge on any atom is -0.469 e. The molecular formula is C13H25N3O4S. The van der Waals surface area contributed by atoms with E-state index in [0.717, 1.165) is 19.5 Å². The molecule has 0 aliphatic carbocycles. The van der Waals surface area contributed by atoms with Crippen LogP contribution in [0.2, 0.25) is 0 Å². The molecule has 0 spiro atoms. The Hall–Kier alpha value is -0.700. The van der Waals surface area contributed by atoms with Gasteiger partial charge in [-0.1, -0.05) is 0 Å². The SMILES string of the molecule is COC(=O)CCN(C)S(=O)(=O)N1CCC(N2CCCC2)C1. The van der Waals surface area contributed by atoms with Crippen LogP contribution in [0.1, 0.15) is 25.7 Å². The minimum absolute atomic E-state index is 0.0790. The molecule has 21 heavy (non-hydrogen) atoms. The lowest BCUT2D eigenvalue weighted by Gasteiger charge is -2.26. The van der Waals surface area contributed by atoms with Crippen molar-refractivity contribution in [2.24, 2.45) is 0 Å². The molecule has 0 bridgehead atoms. The lowest BCUT2D eigenvalue weighted by atomic mass is 10.2. The number of carbonyl (C=O) groups is 1. The van der Waals surface area contributed by atoms with Crippen molar-refractivity contribution in [1.29, 1.82) is 0 Å². The van der Waals surface area contributed by atoms with Gasteiger partial charge in [0.05, 0.1) is 13.5 Å². The summed E-state index contributed by atoms with van der Waals surface area (Å²) in [7, 11) is -0.654. The third kappa shape index (κ3) is 3.94. The monoisotopic (exact) mass is 319 g/mol. The smallest absolute Gasteiger partial charge is 0.306 e. The summed E-state index contributed by atoms with van der Waals surface area (Å²) in [4.78, 5) is 13.5. The van der Waals surface area contributed by atoms with Gasteiger partial charge in [0, 0.05) is 32.7 Å². The first-order valence-corrected chi connectivity index (χ1v) is 8.87. The number of hydrogen-bond acceptors (Lipinski definition) is 5. The number of esters is 1. The molecule has 2 aliphatic rings. The molecule has 8 heteroatoms. The summed E-state index contributed by atoms with van der Waals surface area (Å²) in [5.41, 5.74) is 0. The average molecular weight is 319 g/mol. The topological polar surface area (TPSA) is 70.2 Å². The quantitative estimate of drug-likeness (QED) is 0.639. The molecule has 0 saturated carbocycles. The van der Waals surface area contributed by atoms with E-state index in [0.29, 0.717) is 19.1 Å². The Morgan fingerprint density at radius 2 is 1.95 bits per heavy atom. The highest BCUT2D eigenvalue weighted by Gasteiger charge is 2.36. The summed E-state index contributed by atoms with van der Waals surface area (Å²) in [6.07, 6.45) is 3.39. The molecule has 0 N–H and O–H groups in total. The van der Waals surface area contributed by atoms with E-state index in [4.69, 9.17) is 0 Å². The fourth-order valence-electron chi connectivity index (χ4n) is 2.99. The van der Waals surface area contributed by atoms with Crippen LogP contribution in [0.15, 0.2) is 0 Å². The second kappa shape index (κ2) is 7.04. The Morgan fingerprint density at radius 1 is 1.29 bits per heavy atom. The zero-order chi connectivity index (χ0) is 15.5. The molecule has 122 valence electrons. The van der Waals surface area contributed by atoms with Crippen molar-refractivity contribution in [3.8, 4) is 0 Å². The van der Waals surface area contributed by atoms with Crippen LogP contribution < -0.4 is 0 Å². The molecule has 2 fully saturated rings. The van der Waals surface area contributed by atoms with Crippen molar-refractivity contribution in [3.05, 3.63) is 0 Å². The first-order chi connectivity index (χ1) is 9.95. The van der Waals surface area contributed by atoms with Gasteiger partial charge < -0.3 is 4.74 Å². The molecule has 0 radical (unpaired) electrons. The Kier molecular flexibility index (Phi) is 5.59. The molecule has 0 aromatic heterocycles. The minimum atomic E-state index is -3.47. The Balaban J connectivity index is 1.89. The van der Waals surface area contributed by atoms with Crippen molar-refractivity contribution in [1.82, 2.24) is 13.5 Å².